The molecule has 3 amide bonds. The van der Waals surface area contributed by atoms with Crippen LogP contribution in [0.1, 0.15) is 84.0 Å². The van der Waals surface area contributed by atoms with E-state index in [1.807, 2.05) is 0 Å². The van der Waals surface area contributed by atoms with Crippen molar-refractivity contribution in [3.8, 4) is 0 Å². The highest BCUT2D eigenvalue weighted by Crippen LogP contribution is 2.10. The molecule has 0 aliphatic heterocycles. The zero-order valence-electron chi connectivity index (χ0n) is 13.9. The van der Waals surface area contributed by atoms with E-state index >= 15 is 0 Å². The van der Waals surface area contributed by atoms with Gasteiger partial charge in [0.2, 0.25) is 17.7 Å². The third-order valence-corrected chi connectivity index (χ3v) is 3.14. The van der Waals surface area contributed by atoms with E-state index in [1.54, 1.807) is 0 Å². The van der Waals surface area contributed by atoms with Crippen molar-refractivity contribution < 1.29 is 14.4 Å². The molecule has 6 nitrogen and oxygen atoms in total. The summed E-state index contributed by atoms with van der Waals surface area (Å²) in [5, 5.41) is 0. The lowest BCUT2D eigenvalue weighted by Gasteiger charge is -2.00. The van der Waals surface area contributed by atoms with Crippen molar-refractivity contribution in [2.75, 3.05) is 0 Å². The molecule has 0 saturated heterocycles. The summed E-state index contributed by atoms with van der Waals surface area (Å²) in [6, 6.07) is 0. The Morgan fingerprint density at radius 2 is 0.864 bits per heavy atom. The molecule has 6 N–H and O–H groups in total. The van der Waals surface area contributed by atoms with E-state index in [0.717, 1.165) is 12.8 Å². The molecule has 6 heteroatoms. The van der Waals surface area contributed by atoms with E-state index in [2.05, 4.69) is 6.92 Å². The second-order valence-electron chi connectivity index (χ2n) is 5.48. The summed E-state index contributed by atoms with van der Waals surface area (Å²) in [4.78, 5) is 30.3. The standard InChI is InChI=1S/C12H25NO.C4H8N2O2/c1-2-3-4-5-6-7-8-9-10-11-12(13)14;5-3(7)1-2-4(6)8/h2-11H2,1H3,(H2,13,14);1-2H2,(H2,5,7)(H2,6,8). The first-order valence-electron chi connectivity index (χ1n) is 8.25. The van der Waals surface area contributed by atoms with Gasteiger partial charge < -0.3 is 17.2 Å². The van der Waals surface area contributed by atoms with E-state index in [1.165, 1.54) is 44.9 Å². The average Bonchev–Trinajstić information content (AvgIpc) is 2.44. The summed E-state index contributed by atoms with van der Waals surface area (Å²) >= 11 is 0. The molecule has 0 aromatic rings. The first kappa shape index (κ1) is 22.7. The fraction of sp³-hybridized carbons (Fsp3) is 0.812. The molecular weight excluding hydrogens is 282 g/mol. The zero-order valence-corrected chi connectivity index (χ0v) is 13.9. The average molecular weight is 315 g/mol. The molecule has 0 saturated carbocycles. The number of hydrogen-bond acceptors (Lipinski definition) is 3. The van der Waals surface area contributed by atoms with Gasteiger partial charge in [-0.05, 0) is 6.42 Å². The Morgan fingerprint density at radius 1 is 0.545 bits per heavy atom. The highest BCUT2D eigenvalue weighted by Gasteiger charge is 1.96. The maximum atomic E-state index is 10.4. The predicted molar refractivity (Wildman–Crippen MR) is 88.7 cm³/mol. The van der Waals surface area contributed by atoms with Crippen LogP contribution < -0.4 is 17.2 Å². The van der Waals surface area contributed by atoms with Crippen LogP contribution in [-0.2, 0) is 14.4 Å². The lowest BCUT2D eigenvalue weighted by atomic mass is 10.1. The monoisotopic (exact) mass is 315 g/mol. The lowest BCUT2D eigenvalue weighted by Crippen LogP contribution is -2.16. The molecule has 22 heavy (non-hydrogen) atoms. The van der Waals surface area contributed by atoms with Gasteiger partial charge in [-0.15, -0.1) is 0 Å². The minimum absolute atomic E-state index is 0.0509. The van der Waals surface area contributed by atoms with Gasteiger partial charge in [0.15, 0.2) is 0 Å². The van der Waals surface area contributed by atoms with Crippen LogP contribution in [0.2, 0.25) is 0 Å². The van der Waals surface area contributed by atoms with Gasteiger partial charge in [0.1, 0.15) is 0 Å². The summed E-state index contributed by atoms with van der Waals surface area (Å²) in [7, 11) is 0. The van der Waals surface area contributed by atoms with Crippen molar-refractivity contribution in [3.05, 3.63) is 0 Å². The summed E-state index contributed by atoms with van der Waals surface area (Å²) in [6.45, 7) is 2.24. The molecule has 0 aromatic heterocycles. The van der Waals surface area contributed by atoms with Crippen molar-refractivity contribution in [1.82, 2.24) is 0 Å². The summed E-state index contributed by atoms with van der Waals surface area (Å²) in [6.07, 6.45) is 12.2. The number of rotatable bonds is 13. The number of carbonyl (C=O) groups excluding carboxylic acids is 3. The fourth-order valence-electron chi connectivity index (χ4n) is 1.86. The molecule has 0 aliphatic carbocycles. The largest absolute Gasteiger partial charge is 0.370 e. The van der Waals surface area contributed by atoms with Gasteiger partial charge in [0, 0.05) is 19.3 Å². The van der Waals surface area contributed by atoms with Gasteiger partial charge in [0.25, 0.3) is 0 Å². The molecule has 0 aromatic carbocycles. The molecule has 0 radical (unpaired) electrons. The van der Waals surface area contributed by atoms with E-state index in [0.29, 0.717) is 6.42 Å². The summed E-state index contributed by atoms with van der Waals surface area (Å²) in [5.41, 5.74) is 14.4. The minimum atomic E-state index is -0.496. The van der Waals surface area contributed by atoms with Crippen LogP contribution >= 0.6 is 0 Å². The molecule has 0 heterocycles. The van der Waals surface area contributed by atoms with Gasteiger partial charge in [-0.3, -0.25) is 14.4 Å². The van der Waals surface area contributed by atoms with E-state index in [9.17, 15) is 14.4 Å². The predicted octanol–water partition coefficient (Wildman–Crippen LogP) is 2.13. The molecule has 0 rings (SSSR count). The Morgan fingerprint density at radius 3 is 1.18 bits per heavy atom. The Bertz CT molecular complexity index is 293. The van der Waals surface area contributed by atoms with E-state index in [-0.39, 0.29) is 18.7 Å². The van der Waals surface area contributed by atoms with Gasteiger partial charge in [-0.1, -0.05) is 58.3 Å². The maximum absolute atomic E-state index is 10.4. The molecule has 0 unspecified atom stereocenters. The van der Waals surface area contributed by atoms with E-state index in [4.69, 9.17) is 17.2 Å². The molecule has 0 fully saturated rings. The Labute approximate surface area is 134 Å². The highest BCUT2D eigenvalue weighted by atomic mass is 16.2. The molecule has 0 atom stereocenters. The topological polar surface area (TPSA) is 129 Å². The van der Waals surface area contributed by atoms with Gasteiger partial charge in [-0.25, -0.2) is 0 Å². The normalized spacial score (nSPS) is 9.68. The third-order valence-electron chi connectivity index (χ3n) is 3.14. The molecule has 0 aliphatic rings. The lowest BCUT2D eigenvalue weighted by molar-refractivity contribution is -0.123. The molecule has 130 valence electrons. The fourth-order valence-corrected chi connectivity index (χ4v) is 1.86. The number of carbonyl (C=O) groups is 3. The Hall–Kier alpha value is -1.59. The highest BCUT2D eigenvalue weighted by molar-refractivity contribution is 5.81. The maximum Gasteiger partial charge on any atom is 0.217 e. The Kier molecular flexibility index (Phi) is 18.0. The van der Waals surface area contributed by atoms with Crippen molar-refractivity contribution in [2.24, 2.45) is 17.2 Å². The SMILES string of the molecule is CCCCCCCCCCCC(N)=O.NC(=O)CCC(N)=O. The number of primary amides is 3. The summed E-state index contributed by atoms with van der Waals surface area (Å²) < 4.78 is 0. The third kappa shape index (κ3) is 26.9. The van der Waals surface area contributed by atoms with E-state index < -0.39 is 11.8 Å². The zero-order chi connectivity index (χ0) is 17.2. The second-order valence-corrected chi connectivity index (χ2v) is 5.48. The number of amides is 3. The van der Waals surface area contributed by atoms with Crippen molar-refractivity contribution >= 4 is 17.7 Å². The minimum Gasteiger partial charge on any atom is -0.370 e. The van der Waals surface area contributed by atoms with Crippen LogP contribution in [-0.4, -0.2) is 17.7 Å². The van der Waals surface area contributed by atoms with Crippen molar-refractivity contribution in [2.45, 2.75) is 84.0 Å². The number of unbranched alkanes of at least 4 members (excludes halogenated alkanes) is 8. The van der Waals surface area contributed by atoms with Crippen molar-refractivity contribution in [3.63, 3.8) is 0 Å². The molecular formula is C16H33N3O3. The first-order valence-corrected chi connectivity index (χ1v) is 8.25. The summed E-state index contributed by atoms with van der Waals surface area (Å²) in [5.74, 6) is -1.15. The molecule has 0 spiro atoms. The second kappa shape index (κ2) is 17.5. The molecule has 0 bridgehead atoms. The van der Waals surface area contributed by atoms with Gasteiger partial charge in [0.05, 0.1) is 0 Å². The van der Waals surface area contributed by atoms with Crippen LogP contribution in [0.5, 0.6) is 0 Å². The quantitative estimate of drug-likeness (QED) is 0.450. The van der Waals surface area contributed by atoms with Crippen LogP contribution in [0, 0.1) is 0 Å². The Balaban J connectivity index is 0. The van der Waals surface area contributed by atoms with Crippen LogP contribution in [0.3, 0.4) is 0 Å². The smallest absolute Gasteiger partial charge is 0.217 e. The van der Waals surface area contributed by atoms with Crippen LogP contribution in [0.25, 0.3) is 0 Å². The van der Waals surface area contributed by atoms with Gasteiger partial charge in [-0.2, -0.15) is 0 Å². The van der Waals surface area contributed by atoms with Crippen LogP contribution in [0.4, 0.5) is 0 Å². The first-order chi connectivity index (χ1) is 10.4. The number of nitrogens with two attached hydrogens (primary N) is 3. The van der Waals surface area contributed by atoms with Gasteiger partial charge >= 0.3 is 0 Å². The number of hydrogen-bond donors (Lipinski definition) is 3. The van der Waals surface area contributed by atoms with Crippen molar-refractivity contribution in [1.29, 1.82) is 0 Å². The van der Waals surface area contributed by atoms with Crippen LogP contribution in [0.15, 0.2) is 0 Å².